The number of hydrogen-bond acceptors (Lipinski definition) is 5. The van der Waals surface area contributed by atoms with Crippen molar-refractivity contribution in [2.45, 2.75) is 6.92 Å². The molecule has 2 aliphatic rings. The summed E-state index contributed by atoms with van der Waals surface area (Å²) in [4.78, 5) is 11.8. The second kappa shape index (κ2) is 11.3. The van der Waals surface area contributed by atoms with Gasteiger partial charge in [-0.3, -0.25) is 4.79 Å². The van der Waals surface area contributed by atoms with Crippen LogP contribution in [0, 0.1) is 10.2 Å². The molecule has 1 heterocycles. The summed E-state index contributed by atoms with van der Waals surface area (Å²) in [6.45, 7) is 1.53. The van der Waals surface area contributed by atoms with Crippen molar-refractivity contribution in [3.8, 4) is 44.9 Å². The lowest BCUT2D eigenvalue weighted by atomic mass is 10.00. The second-order valence-electron chi connectivity index (χ2n) is 8.08. The Labute approximate surface area is 216 Å². The van der Waals surface area contributed by atoms with Gasteiger partial charge in [0.15, 0.2) is 0 Å². The molecule has 2 aromatic carbocycles. The van der Waals surface area contributed by atoms with Crippen LogP contribution in [0.2, 0.25) is 0 Å². The average Bonchev–Trinajstić information content (AvgIpc) is 3.03. The summed E-state index contributed by atoms with van der Waals surface area (Å²) in [5, 5.41) is 2.98. The van der Waals surface area contributed by atoms with Crippen LogP contribution in [0.4, 0.5) is 5.69 Å². The van der Waals surface area contributed by atoms with Crippen LogP contribution in [0.3, 0.4) is 0 Å². The van der Waals surface area contributed by atoms with E-state index in [1.807, 2.05) is 91.0 Å². The molecule has 186 valence electrons. The van der Waals surface area contributed by atoms with Crippen LogP contribution in [-0.4, -0.2) is 5.91 Å². The zero-order valence-electron chi connectivity index (χ0n) is 19.7. The number of benzene rings is 2. The Bertz CT molecular complexity index is 1410. The maximum absolute atomic E-state index is 11.8. The van der Waals surface area contributed by atoms with Crippen molar-refractivity contribution >= 4 is 11.6 Å². The van der Waals surface area contributed by atoms with Crippen molar-refractivity contribution in [3.05, 3.63) is 109 Å². The second-order valence-corrected chi connectivity index (χ2v) is 8.83. The molecule has 0 aliphatic heterocycles. The van der Waals surface area contributed by atoms with E-state index in [1.165, 1.54) is 6.92 Å². The largest absolute Gasteiger partial charge is 0.361 e. The lowest BCUT2D eigenvalue weighted by Gasteiger charge is -2.17. The normalized spacial score (nSPS) is 10.9. The fourth-order valence-corrected chi connectivity index (χ4v) is 4.00. The van der Waals surface area contributed by atoms with Gasteiger partial charge in [-0.1, -0.05) is 66.7 Å². The minimum atomic E-state index is -4.94. The van der Waals surface area contributed by atoms with Crippen LogP contribution in [0.1, 0.15) is 6.92 Å². The number of rotatable bonds is 4. The van der Waals surface area contributed by atoms with Gasteiger partial charge >= 0.3 is 11.5 Å². The number of carbonyl (C=O) groups excluding carboxylic acids is 1. The molecule has 0 atom stereocenters. The molecule has 5 rings (SSSR count). The van der Waals surface area contributed by atoms with E-state index >= 15 is 0 Å². The first kappa shape index (κ1) is 26.0. The van der Waals surface area contributed by atoms with Gasteiger partial charge in [-0.25, -0.2) is 23.1 Å². The van der Waals surface area contributed by atoms with E-state index in [0.29, 0.717) is 0 Å². The van der Waals surface area contributed by atoms with Crippen molar-refractivity contribution in [3.63, 3.8) is 0 Å². The van der Waals surface area contributed by atoms with E-state index in [1.54, 1.807) is 0 Å². The van der Waals surface area contributed by atoms with Gasteiger partial charge < -0.3 is 5.32 Å². The fraction of sp³-hybridized carbons (Fsp3) is 0.0345. The Morgan fingerprint density at radius 2 is 1.05 bits per heavy atom. The first-order chi connectivity index (χ1) is 17.7. The van der Waals surface area contributed by atoms with Gasteiger partial charge in [-0.05, 0) is 41.5 Å². The first-order valence-corrected chi connectivity index (χ1v) is 12.4. The summed E-state index contributed by atoms with van der Waals surface area (Å²) in [7, 11) is -4.94. The molecule has 0 unspecified atom stereocenters. The molecule has 3 aromatic rings. The van der Waals surface area contributed by atoms with E-state index in [4.69, 9.17) is 23.1 Å². The Kier molecular flexibility index (Phi) is 7.93. The number of amides is 1. The Morgan fingerprint density at radius 1 is 0.622 bits per heavy atom. The molecule has 0 fully saturated rings. The number of halogens is 1. The maximum Gasteiger partial charge on any atom is 0.361 e. The summed E-state index contributed by atoms with van der Waals surface area (Å²) in [6, 6.07) is 36.5. The summed E-state index contributed by atoms with van der Waals surface area (Å²) >= 11 is 0. The summed E-state index contributed by atoms with van der Waals surface area (Å²) in [5.41, 5.74) is 6.98. The zero-order valence-corrected chi connectivity index (χ0v) is 20.5. The highest BCUT2D eigenvalue weighted by Crippen LogP contribution is 2.43. The lowest BCUT2D eigenvalue weighted by Crippen LogP contribution is -2.68. The molecule has 1 amide bonds. The van der Waals surface area contributed by atoms with E-state index in [9.17, 15) is 4.79 Å². The van der Waals surface area contributed by atoms with Gasteiger partial charge in [0.05, 0.1) is 23.3 Å². The third-order valence-electron chi connectivity index (χ3n) is 5.44. The summed E-state index contributed by atoms with van der Waals surface area (Å²) in [6.07, 6.45) is 0. The van der Waals surface area contributed by atoms with Crippen LogP contribution in [0.25, 0.3) is 44.9 Å². The van der Waals surface area contributed by atoms with E-state index in [2.05, 4.69) is 23.5 Å². The molecule has 37 heavy (non-hydrogen) atoms. The molecule has 0 saturated heterocycles. The van der Waals surface area contributed by atoms with Crippen LogP contribution < -0.4 is 24.0 Å². The molecule has 0 spiro atoms. The molecule has 0 radical (unpaired) electrons. The smallest absolute Gasteiger partial charge is 0.326 e. The van der Waals surface area contributed by atoms with E-state index < -0.39 is 10.2 Å². The predicted octanol–water partition coefficient (Wildman–Crippen LogP) is 2.87. The molecular formula is C29H22ClNO6. The van der Waals surface area contributed by atoms with Crippen molar-refractivity contribution in [1.29, 1.82) is 0 Å². The highest BCUT2D eigenvalue weighted by molar-refractivity contribution is 6.02. The quantitative estimate of drug-likeness (QED) is 0.366. The topological polar surface area (TPSA) is 133 Å². The highest BCUT2D eigenvalue weighted by atomic mass is 35.7. The van der Waals surface area contributed by atoms with Gasteiger partial charge in [0.1, 0.15) is 0 Å². The standard InChI is InChI=1S/C29H21NO2.ClHO4/c1-20(31)30-27-19-26(24-15-9-4-10-16-25(24)27)23-17-28(21-11-5-2-6-12-21)32-29(18-23)22-13-7-3-8-14-22;2-1(3,4)5/h2-19H,1H3;(H,2,3,4,5). The Hall–Kier alpha value is -4.11. The SMILES string of the molecule is CC(=O)Nc1cc(-c2cc(-c3ccccc3)[o+]c(-c3ccccc3)c2)c2cccccc1-2.[O-][Cl+3]([O-])([O-])[O-]. The van der Waals surface area contributed by atoms with Gasteiger partial charge in [-0.2, -0.15) is 0 Å². The van der Waals surface area contributed by atoms with E-state index in [-0.39, 0.29) is 5.91 Å². The molecule has 7 nitrogen and oxygen atoms in total. The summed E-state index contributed by atoms with van der Waals surface area (Å²) in [5.74, 6) is 1.49. The predicted molar refractivity (Wildman–Crippen MR) is 130 cm³/mol. The van der Waals surface area contributed by atoms with Gasteiger partial charge in [-0.15, -0.1) is 10.2 Å². The number of fused-ring (bicyclic) bond motifs is 1. The van der Waals surface area contributed by atoms with Crippen molar-refractivity contribution < 1.29 is 38.1 Å². The minimum Gasteiger partial charge on any atom is -0.326 e. The number of carbonyl (C=O) groups is 1. The van der Waals surface area contributed by atoms with Crippen LogP contribution >= 0.6 is 0 Å². The van der Waals surface area contributed by atoms with Crippen LogP contribution in [-0.2, 0) is 4.79 Å². The van der Waals surface area contributed by atoms with Crippen LogP contribution in [0.15, 0.2) is 114 Å². The van der Waals surface area contributed by atoms with E-state index in [0.717, 1.165) is 50.6 Å². The molecule has 0 saturated carbocycles. The van der Waals surface area contributed by atoms with Crippen molar-refractivity contribution in [2.24, 2.45) is 0 Å². The minimum absolute atomic E-state index is 0.0898. The molecule has 1 N–H and O–H groups in total. The zero-order chi connectivity index (χ0) is 26.4. The maximum atomic E-state index is 11.8. The molecule has 8 heteroatoms. The fourth-order valence-electron chi connectivity index (χ4n) is 4.00. The van der Waals surface area contributed by atoms with Gasteiger partial charge in [0.2, 0.25) is 5.91 Å². The molecule has 1 aromatic heterocycles. The molecule has 2 aliphatic carbocycles. The lowest BCUT2D eigenvalue weighted by molar-refractivity contribution is -2.00. The number of hydrogen-bond donors (Lipinski definition) is 1. The number of anilines is 1. The monoisotopic (exact) mass is 515 g/mol. The van der Waals surface area contributed by atoms with Gasteiger partial charge in [0.25, 0.3) is 0 Å². The average molecular weight is 516 g/mol. The summed E-state index contributed by atoms with van der Waals surface area (Å²) < 4.78 is 40.3. The number of nitrogens with one attached hydrogen (secondary N) is 1. The highest BCUT2D eigenvalue weighted by Gasteiger charge is 2.24. The third kappa shape index (κ3) is 6.98. The molecule has 0 bridgehead atoms. The first-order valence-electron chi connectivity index (χ1n) is 11.2. The Balaban J connectivity index is 0.000000586. The third-order valence-corrected chi connectivity index (χ3v) is 5.44. The van der Waals surface area contributed by atoms with Crippen molar-refractivity contribution in [1.82, 2.24) is 0 Å². The van der Waals surface area contributed by atoms with Crippen LogP contribution in [0.5, 0.6) is 0 Å². The van der Waals surface area contributed by atoms with Crippen molar-refractivity contribution in [2.75, 3.05) is 5.32 Å². The Morgan fingerprint density at radius 3 is 1.51 bits per heavy atom. The van der Waals surface area contributed by atoms with Gasteiger partial charge in [0, 0.05) is 23.7 Å². The molecular weight excluding hydrogens is 494 g/mol.